The zero-order valence-electron chi connectivity index (χ0n) is 16.3. The van der Waals surface area contributed by atoms with Crippen LogP contribution in [0.25, 0.3) is 5.69 Å². The van der Waals surface area contributed by atoms with Gasteiger partial charge in [-0.3, -0.25) is 19.1 Å². The van der Waals surface area contributed by atoms with Crippen LogP contribution in [0.5, 0.6) is 0 Å². The Bertz CT molecular complexity index is 1290. The smallest absolute Gasteiger partial charge is 0.325 e. The Morgan fingerprint density at radius 3 is 2.68 bits per heavy atom. The number of anilines is 1. The molecule has 1 amide bonds. The topological polar surface area (TPSA) is 152 Å². The Balaban J connectivity index is 1.58. The summed E-state index contributed by atoms with van der Waals surface area (Å²) in [6, 6.07) is 12.3. The van der Waals surface area contributed by atoms with Gasteiger partial charge in [-0.15, -0.1) is 10.2 Å². The van der Waals surface area contributed by atoms with E-state index in [2.05, 4.69) is 30.6 Å². The first-order valence-corrected chi connectivity index (χ1v) is 10.1. The Kier molecular flexibility index (Phi) is 5.80. The molecule has 0 spiro atoms. The van der Waals surface area contributed by atoms with Crippen LogP contribution in [0, 0.1) is 6.92 Å². The van der Waals surface area contributed by atoms with E-state index < -0.39 is 11.2 Å². The van der Waals surface area contributed by atoms with Gasteiger partial charge in [0.2, 0.25) is 5.91 Å². The van der Waals surface area contributed by atoms with Crippen LogP contribution in [-0.4, -0.2) is 41.5 Å². The lowest BCUT2D eigenvalue weighted by Crippen LogP contribution is -2.23. The molecule has 31 heavy (non-hydrogen) atoms. The molecule has 0 atom stereocenters. The van der Waals surface area contributed by atoms with Crippen LogP contribution >= 0.6 is 11.8 Å². The van der Waals surface area contributed by atoms with Crippen LogP contribution in [0.1, 0.15) is 17.3 Å². The van der Waals surface area contributed by atoms with Crippen LogP contribution in [0.4, 0.5) is 5.82 Å². The van der Waals surface area contributed by atoms with E-state index in [1.807, 2.05) is 30.3 Å². The van der Waals surface area contributed by atoms with Crippen LogP contribution in [0.15, 0.2) is 61.7 Å². The van der Waals surface area contributed by atoms with Crippen molar-refractivity contribution in [2.75, 3.05) is 11.1 Å². The molecule has 0 radical (unpaired) electrons. The molecule has 0 saturated carbocycles. The number of nitrogens with one attached hydrogen (secondary N) is 3. The largest absolute Gasteiger partial charge is 0.360 e. The molecule has 11 nitrogen and oxygen atoms in total. The molecular formula is C19H17N7O4S. The average molecular weight is 439 g/mol. The van der Waals surface area contributed by atoms with Gasteiger partial charge in [0.05, 0.1) is 5.75 Å². The Labute approximate surface area is 178 Å². The lowest BCUT2D eigenvalue weighted by Gasteiger charge is -2.10. The summed E-state index contributed by atoms with van der Waals surface area (Å²) >= 11 is 1.19. The zero-order chi connectivity index (χ0) is 21.8. The van der Waals surface area contributed by atoms with Gasteiger partial charge in [-0.05, 0) is 19.1 Å². The minimum Gasteiger partial charge on any atom is -0.360 e. The van der Waals surface area contributed by atoms with Crippen LogP contribution in [-0.2, 0) is 11.2 Å². The van der Waals surface area contributed by atoms with Crippen molar-refractivity contribution in [3.8, 4) is 5.69 Å². The van der Waals surface area contributed by atoms with Crippen LogP contribution in [0.2, 0.25) is 0 Å². The fraction of sp³-hybridized carbons (Fsp3) is 0.158. The predicted octanol–water partition coefficient (Wildman–Crippen LogP) is 1.26. The summed E-state index contributed by atoms with van der Waals surface area (Å²) in [6.07, 6.45) is 0.173. The molecule has 4 aromatic rings. The highest BCUT2D eigenvalue weighted by atomic mass is 32.2. The molecule has 3 aromatic heterocycles. The fourth-order valence-corrected chi connectivity index (χ4v) is 3.63. The van der Waals surface area contributed by atoms with E-state index in [4.69, 9.17) is 4.52 Å². The van der Waals surface area contributed by atoms with Crippen molar-refractivity contribution in [1.29, 1.82) is 0 Å². The van der Waals surface area contributed by atoms with Crippen molar-refractivity contribution in [3.05, 3.63) is 80.6 Å². The highest BCUT2D eigenvalue weighted by Gasteiger charge is 2.17. The maximum Gasteiger partial charge on any atom is 0.325 e. The van der Waals surface area contributed by atoms with Crippen molar-refractivity contribution < 1.29 is 9.32 Å². The molecule has 0 aliphatic rings. The second-order valence-electron chi connectivity index (χ2n) is 6.52. The average Bonchev–Trinajstić information content (AvgIpc) is 3.32. The van der Waals surface area contributed by atoms with E-state index in [1.54, 1.807) is 17.6 Å². The third kappa shape index (κ3) is 4.98. The monoisotopic (exact) mass is 439 g/mol. The minimum atomic E-state index is -0.595. The van der Waals surface area contributed by atoms with Gasteiger partial charge < -0.3 is 14.8 Å². The van der Waals surface area contributed by atoms with Crippen molar-refractivity contribution >= 4 is 23.5 Å². The number of benzene rings is 1. The van der Waals surface area contributed by atoms with Gasteiger partial charge in [0, 0.05) is 29.9 Å². The maximum absolute atomic E-state index is 12.3. The first kappa shape index (κ1) is 20.3. The summed E-state index contributed by atoms with van der Waals surface area (Å²) in [6.45, 7) is 1.73. The normalized spacial score (nSPS) is 10.9. The molecule has 0 unspecified atom stereocenters. The van der Waals surface area contributed by atoms with Crippen molar-refractivity contribution in [1.82, 2.24) is 29.9 Å². The predicted molar refractivity (Wildman–Crippen MR) is 112 cm³/mol. The third-order valence-electron chi connectivity index (χ3n) is 4.11. The van der Waals surface area contributed by atoms with E-state index in [-0.39, 0.29) is 18.1 Å². The van der Waals surface area contributed by atoms with E-state index in [0.717, 1.165) is 5.69 Å². The molecule has 0 bridgehead atoms. The molecule has 3 heterocycles. The van der Waals surface area contributed by atoms with Crippen molar-refractivity contribution in [2.45, 2.75) is 18.5 Å². The van der Waals surface area contributed by atoms with Gasteiger partial charge in [0.25, 0.3) is 5.56 Å². The molecular weight excluding hydrogens is 422 g/mol. The summed E-state index contributed by atoms with van der Waals surface area (Å²) in [7, 11) is 0. The molecule has 0 aliphatic heterocycles. The van der Waals surface area contributed by atoms with Crippen LogP contribution < -0.4 is 16.6 Å². The van der Waals surface area contributed by atoms with Gasteiger partial charge in [0.1, 0.15) is 11.6 Å². The number of carbonyl (C=O) groups excluding carboxylic acids is 1. The fourth-order valence-electron chi connectivity index (χ4n) is 2.86. The van der Waals surface area contributed by atoms with Gasteiger partial charge in [-0.25, -0.2) is 4.79 Å². The first-order valence-electron chi connectivity index (χ1n) is 9.16. The number of H-pyrrole nitrogens is 2. The van der Waals surface area contributed by atoms with Crippen molar-refractivity contribution in [2.24, 2.45) is 0 Å². The van der Waals surface area contributed by atoms with Gasteiger partial charge in [-0.2, -0.15) is 0 Å². The van der Waals surface area contributed by atoms with Crippen molar-refractivity contribution in [3.63, 3.8) is 0 Å². The number of hydrogen-bond acceptors (Lipinski definition) is 8. The van der Waals surface area contributed by atoms with Crippen LogP contribution in [0.3, 0.4) is 0 Å². The summed E-state index contributed by atoms with van der Waals surface area (Å²) < 4.78 is 6.71. The number of rotatable bonds is 7. The molecule has 12 heteroatoms. The number of aromatic amines is 2. The molecule has 158 valence electrons. The summed E-state index contributed by atoms with van der Waals surface area (Å²) in [5, 5.41) is 15.3. The second-order valence-corrected chi connectivity index (χ2v) is 7.46. The number of aryl methyl sites for hydroxylation is 1. The second kappa shape index (κ2) is 8.83. The molecule has 4 rings (SSSR count). The number of carbonyl (C=O) groups is 1. The summed E-state index contributed by atoms with van der Waals surface area (Å²) in [5.74, 6) is 1.23. The molecule has 0 saturated heterocycles. The standard InChI is InChI=1S/C19H17N7O4S/c1-11-7-14(25-30-11)21-17(28)10-31-19-24-23-15(26(19)13-5-3-2-4-6-13)8-12-9-16(27)22-18(29)20-12/h2-7,9H,8,10H2,1H3,(H,21,25,28)(H2,20,22,27,29). The summed E-state index contributed by atoms with van der Waals surface area (Å²) in [5.41, 5.74) is 0.0836. The SMILES string of the molecule is Cc1cc(NC(=O)CSc2nnc(Cc3cc(=O)[nH]c(=O)[nH]3)n2-c2ccccc2)no1. The third-order valence-corrected chi connectivity index (χ3v) is 5.04. The van der Waals surface area contributed by atoms with Gasteiger partial charge in [-0.1, -0.05) is 35.1 Å². The number of aromatic nitrogens is 6. The highest BCUT2D eigenvalue weighted by Crippen LogP contribution is 2.23. The molecule has 0 aliphatic carbocycles. The number of amides is 1. The lowest BCUT2D eigenvalue weighted by molar-refractivity contribution is -0.113. The minimum absolute atomic E-state index is 0.0682. The molecule has 1 aromatic carbocycles. The first-order chi connectivity index (χ1) is 15.0. The van der Waals surface area contributed by atoms with Gasteiger partial charge >= 0.3 is 5.69 Å². The van der Waals surface area contributed by atoms with E-state index >= 15 is 0 Å². The Morgan fingerprint density at radius 1 is 1.16 bits per heavy atom. The molecule has 3 N–H and O–H groups in total. The maximum atomic E-state index is 12.3. The number of nitrogens with zero attached hydrogens (tertiary/aromatic N) is 4. The lowest BCUT2D eigenvalue weighted by atomic mass is 10.2. The number of hydrogen-bond donors (Lipinski definition) is 3. The Morgan fingerprint density at radius 2 is 1.97 bits per heavy atom. The number of para-hydroxylation sites is 1. The summed E-state index contributed by atoms with van der Waals surface area (Å²) in [4.78, 5) is 40.2. The Hall–Kier alpha value is -3.93. The quantitative estimate of drug-likeness (QED) is 0.364. The highest BCUT2D eigenvalue weighted by molar-refractivity contribution is 7.99. The van der Waals surface area contributed by atoms with Gasteiger partial charge in [0.15, 0.2) is 11.0 Å². The number of thioether (sulfide) groups is 1. The van der Waals surface area contributed by atoms with E-state index in [0.29, 0.717) is 28.3 Å². The zero-order valence-corrected chi connectivity index (χ0v) is 17.1. The van der Waals surface area contributed by atoms with E-state index in [1.165, 1.54) is 17.8 Å². The van der Waals surface area contributed by atoms with E-state index in [9.17, 15) is 14.4 Å². The molecule has 0 fully saturated rings.